The number of nitrogens with zero attached hydrogens (tertiary/aromatic N) is 2. The van der Waals surface area contributed by atoms with Crippen molar-refractivity contribution in [2.45, 2.75) is 53.6 Å². The topological polar surface area (TPSA) is 96.8 Å². The lowest BCUT2D eigenvalue weighted by Gasteiger charge is -2.24. The second-order valence-electron chi connectivity index (χ2n) is 9.20. The maximum atomic E-state index is 12.0. The highest BCUT2D eigenvalue weighted by Gasteiger charge is 2.31. The Morgan fingerprint density at radius 3 is 2.19 bits per heavy atom. The zero-order valence-electron chi connectivity index (χ0n) is 22.1. The van der Waals surface area contributed by atoms with Crippen LogP contribution in [0.3, 0.4) is 0 Å². The summed E-state index contributed by atoms with van der Waals surface area (Å²) >= 11 is 0. The Labute approximate surface area is 216 Å². The van der Waals surface area contributed by atoms with E-state index < -0.39 is 11.6 Å². The van der Waals surface area contributed by atoms with E-state index in [1.165, 1.54) is 0 Å². The lowest BCUT2D eigenvalue weighted by atomic mass is 10.0. The number of esters is 1. The van der Waals surface area contributed by atoms with Crippen LogP contribution in [0.15, 0.2) is 57.5 Å². The number of oxazole rings is 1. The van der Waals surface area contributed by atoms with Crippen molar-refractivity contribution in [2.75, 3.05) is 13.2 Å². The molecule has 0 aliphatic heterocycles. The standard InChI is InChI=1S/C29H32N2O6/c1-7-33-28(32)29(5,6)36-24-14-12-23(13-15-24)34-17-16-25-19(3)35-27(30-25)22-10-8-21(9-11-22)26-18(2)31-37-20(26)4/h8-15H,7,16-17H2,1-6H3. The number of benzene rings is 2. The minimum absolute atomic E-state index is 0.306. The smallest absolute Gasteiger partial charge is 0.349 e. The number of carbonyl (C=O) groups is 1. The van der Waals surface area contributed by atoms with Gasteiger partial charge in [-0.1, -0.05) is 17.3 Å². The number of carbonyl (C=O) groups excluding carboxylic acids is 1. The lowest BCUT2D eigenvalue weighted by molar-refractivity contribution is -0.158. The van der Waals surface area contributed by atoms with E-state index in [2.05, 4.69) is 10.1 Å². The van der Waals surface area contributed by atoms with Crippen LogP contribution in [0.1, 0.15) is 43.7 Å². The molecule has 0 fully saturated rings. The van der Waals surface area contributed by atoms with E-state index in [4.69, 9.17) is 23.2 Å². The molecular weight excluding hydrogens is 472 g/mol. The number of ether oxygens (including phenoxy) is 3. The molecule has 194 valence electrons. The first-order chi connectivity index (χ1) is 17.7. The van der Waals surface area contributed by atoms with Gasteiger partial charge in [-0.25, -0.2) is 9.78 Å². The van der Waals surface area contributed by atoms with Crippen molar-refractivity contribution in [2.24, 2.45) is 0 Å². The van der Waals surface area contributed by atoms with Crippen LogP contribution in [0, 0.1) is 20.8 Å². The van der Waals surface area contributed by atoms with Gasteiger partial charge in [-0.15, -0.1) is 0 Å². The van der Waals surface area contributed by atoms with Gasteiger partial charge in [0, 0.05) is 17.5 Å². The van der Waals surface area contributed by atoms with Crippen LogP contribution in [0.25, 0.3) is 22.6 Å². The van der Waals surface area contributed by atoms with Crippen LogP contribution in [-0.2, 0) is 16.0 Å². The van der Waals surface area contributed by atoms with Crippen molar-refractivity contribution in [3.63, 3.8) is 0 Å². The van der Waals surface area contributed by atoms with Gasteiger partial charge in [0.1, 0.15) is 23.0 Å². The number of hydrogen-bond donors (Lipinski definition) is 0. The molecule has 0 unspecified atom stereocenters. The van der Waals surface area contributed by atoms with Gasteiger partial charge in [-0.3, -0.25) is 0 Å². The molecule has 0 aliphatic carbocycles. The first-order valence-electron chi connectivity index (χ1n) is 12.3. The van der Waals surface area contributed by atoms with Crippen molar-refractivity contribution in [3.05, 3.63) is 71.4 Å². The molecule has 0 radical (unpaired) electrons. The summed E-state index contributed by atoms with van der Waals surface area (Å²) < 4.78 is 27.9. The van der Waals surface area contributed by atoms with Crippen LogP contribution in [0.2, 0.25) is 0 Å². The second-order valence-corrected chi connectivity index (χ2v) is 9.20. The monoisotopic (exact) mass is 504 g/mol. The maximum Gasteiger partial charge on any atom is 0.349 e. The number of aromatic nitrogens is 2. The molecule has 2 aromatic heterocycles. The molecular formula is C29H32N2O6. The maximum absolute atomic E-state index is 12.0. The van der Waals surface area contributed by atoms with Gasteiger partial charge in [-0.05, 0) is 83.5 Å². The Balaban J connectivity index is 1.34. The van der Waals surface area contributed by atoms with E-state index in [0.29, 0.717) is 37.0 Å². The first-order valence-corrected chi connectivity index (χ1v) is 12.3. The third kappa shape index (κ3) is 6.02. The molecule has 8 heteroatoms. The summed E-state index contributed by atoms with van der Waals surface area (Å²) in [5.41, 5.74) is 3.58. The van der Waals surface area contributed by atoms with E-state index in [9.17, 15) is 4.79 Å². The molecule has 4 rings (SSSR count). The average Bonchev–Trinajstić information content (AvgIpc) is 3.41. The molecule has 0 bridgehead atoms. The second kappa shape index (κ2) is 10.9. The Bertz CT molecular complexity index is 1330. The minimum atomic E-state index is -1.07. The van der Waals surface area contributed by atoms with Gasteiger partial charge >= 0.3 is 5.97 Å². The van der Waals surface area contributed by atoms with E-state index in [0.717, 1.165) is 39.6 Å². The van der Waals surface area contributed by atoms with Gasteiger partial charge < -0.3 is 23.2 Å². The fourth-order valence-electron chi connectivity index (χ4n) is 3.97. The first kappa shape index (κ1) is 26.0. The Morgan fingerprint density at radius 2 is 1.57 bits per heavy atom. The van der Waals surface area contributed by atoms with E-state index >= 15 is 0 Å². The Kier molecular flexibility index (Phi) is 7.66. The predicted octanol–water partition coefficient (Wildman–Crippen LogP) is 6.26. The number of aryl methyl sites for hydroxylation is 3. The third-order valence-corrected chi connectivity index (χ3v) is 5.92. The minimum Gasteiger partial charge on any atom is -0.493 e. The van der Waals surface area contributed by atoms with Gasteiger partial charge in [-0.2, -0.15) is 0 Å². The Morgan fingerprint density at radius 1 is 0.919 bits per heavy atom. The molecule has 4 aromatic rings. The van der Waals surface area contributed by atoms with Crippen LogP contribution in [0.4, 0.5) is 0 Å². The van der Waals surface area contributed by atoms with Crippen molar-refractivity contribution in [1.82, 2.24) is 10.1 Å². The van der Waals surface area contributed by atoms with Crippen molar-refractivity contribution in [3.8, 4) is 34.1 Å². The fraction of sp³-hybridized carbons (Fsp3) is 0.345. The summed E-state index contributed by atoms with van der Waals surface area (Å²) in [6, 6.07) is 15.1. The fourth-order valence-corrected chi connectivity index (χ4v) is 3.97. The van der Waals surface area contributed by atoms with Gasteiger partial charge in [0.05, 0.1) is 24.6 Å². The highest BCUT2D eigenvalue weighted by molar-refractivity contribution is 5.79. The van der Waals surface area contributed by atoms with Crippen LogP contribution in [0.5, 0.6) is 11.5 Å². The number of rotatable bonds is 10. The molecule has 37 heavy (non-hydrogen) atoms. The van der Waals surface area contributed by atoms with Crippen LogP contribution >= 0.6 is 0 Å². The number of hydrogen-bond acceptors (Lipinski definition) is 8. The van der Waals surface area contributed by atoms with Crippen molar-refractivity contribution < 1.29 is 27.9 Å². The molecule has 0 amide bonds. The zero-order valence-corrected chi connectivity index (χ0v) is 22.1. The summed E-state index contributed by atoms with van der Waals surface area (Å²) in [6.07, 6.45) is 0.598. The zero-order chi connectivity index (χ0) is 26.6. The average molecular weight is 505 g/mol. The largest absolute Gasteiger partial charge is 0.493 e. The molecule has 0 saturated carbocycles. The summed E-state index contributed by atoms with van der Waals surface area (Å²) in [7, 11) is 0. The SMILES string of the molecule is CCOC(=O)C(C)(C)Oc1ccc(OCCc2nc(-c3ccc(-c4c(C)noc4C)cc3)oc2C)cc1. The molecule has 0 atom stereocenters. The van der Waals surface area contributed by atoms with E-state index in [1.54, 1.807) is 45.0 Å². The Hall–Kier alpha value is -4.07. The highest BCUT2D eigenvalue weighted by atomic mass is 16.6. The summed E-state index contributed by atoms with van der Waals surface area (Å²) in [6.45, 7) is 11.6. The molecule has 0 spiro atoms. The molecule has 8 nitrogen and oxygen atoms in total. The van der Waals surface area contributed by atoms with Crippen LogP contribution in [-0.4, -0.2) is 34.9 Å². The molecule has 2 heterocycles. The van der Waals surface area contributed by atoms with E-state index in [1.807, 2.05) is 45.0 Å². The van der Waals surface area contributed by atoms with Crippen molar-refractivity contribution in [1.29, 1.82) is 0 Å². The summed E-state index contributed by atoms with van der Waals surface area (Å²) in [5, 5.41) is 4.03. The molecule has 2 aromatic carbocycles. The van der Waals surface area contributed by atoms with Gasteiger partial charge in [0.15, 0.2) is 5.60 Å². The third-order valence-electron chi connectivity index (χ3n) is 5.92. The molecule has 0 N–H and O–H groups in total. The molecule has 0 saturated heterocycles. The quantitative estimate of drug-likeness (QED) is 0.233. The van der Waals surface area contributed by atoms with Crippen LogP contribution < -0.4 is 9.47 Å². The van der Waals surface area contributed by atoms with Crippen molar-refractivity contribution >= 4 is 5.97 Å². The molecule has 0 aliphatic rings. The van der Waals surface area contributed by atoms with Gasteiger partial charge in [0.25, 0.3) is 0 Å². The summed E-state index contributed by atoms with van der Waals surface area (Å²) in [4.78, 5) is 16.7. The lowest BCUT2D eigenvalue weighted by Crippen LogP contribution is -2.39. The normalized spacial score (nSPS) is 11.4. The highest BCUT2D eigenvalue weighted by Crippen LogP contribution is 2.30. The van der Waals surface area contributed by atoms with Gasteiger partial charge in [0.2, 0.25) is 5.89 Å². The van der Waals surface area contributed by atoms with E-state index in [-0.39, 0.29) is 0 Å². The summed E-state index contributed by atoms with van der Waals surface area (Å²) in [5.74, 6) is 2.97. The predicted molar refractivity (Wildman–Crippen MR) is 139 cm³/mol.